The van der Waals surface area contributed by atoms with Crippen LogP contribution in [0.4, 0.5) is 4.79 Å². The number of benzene rings is 1. The van der Waals surface area contributed by atoms with Crippen LogP contribution in [0.3, 0.4) is 0 Å². The molecule has 0 saturated heterocycles. The van der Waals surface area contributed by atoms with Gasteiger partial charge in [-0.1, -0.05) is 30.9 Å². The summed E-state index contributed by atoms with van der Waals surface area (Å²) in [5.41, 5.74) is 5.98. The molecule has 0 bridgehead atoms. The van der Waals surface area contributed by atoms with Gasteiger partial charge < -0.3 is 26.0 Å². The first-order valence-electron chi connectivity index (χ1n) is 11.4. The Morgan fingerprint density at radius 3 is 2.35 bits per heavy atom. The number of nitrogens with two attached hydrogens (primary N) is 1. The Morgan fingerprint density at radius 2 is 1.85 bits per heavy atom. The summed E-state index contributed by atoms with van der Waals surface area (Å²) >= 11 is 0. The molecule has 2 atom stereocenters. The van der Waals surface area contributed by atoms with Crippen molar-refractivity contribution >= 4 is 29.9 Å². The van der Waals surface area contributed by atoms with Crippen LogP contribution in [-0.4, -0.2) is 52.4 Å². The van der Waals surface area contributed by atoms with Crippen LogP contribution in [0.25, 0.3) is 6.08 Å². The van der Waals surface area contributed by atoms with Crippen LogP contribution >= 0.6 is 0 Å². The second-order valence-corrected chi connectivity index (χ2v) is 9.79. The van der Waals surface area contributed by atoms with E-state index < -0.39 is 42.0 Å². The van der Waals surface area contributed by atoms with Gasteiger partial charge >= 0.3 is 6.09 Å². The van der Waals surface area contributed by atoms with Crippen molar-refractivity contribution in [1.29, 1.82) is 0 Å². The summed E-state index contributed by atoms with van der Waals surface area (Å²) in [5, 5.41) is 5.36. The maximum Gasteiger partial charge on any atom is 0.408 e. The smallest absolute Gasteiger partial charge is 0.408 e. The molecule has 1 saturated carbocycles. The minimum absolute atomic E-state index is 0.157. The Balaban J connectivity index is 2.47. The van der Waals surface area contributed by atoms with Crippen molar-refractivity contribution in [2.24, 2.45) is 5.73 Å². The average Bonchev–Trinajstić information content (AvgIpc) is 3.53. The lowest BCUT2D eigenvalue weighted by atomic mass is 9.99. The fraction of sp³-hybridized carbons (Fsp3) is 0.520. The number of nitrogens with zero attached hydrogens (tertiary/aromatic N) is 1. The Bertz CT molecular complexity index is 933. The maximum absolute atomic E-state index is 13.8. The fourth-order valence-electron chi connectivity index (χ4n) is 3.56. The minimum Gasteiger partial charge on any atom is -0.444 e. The largest absolute Gasteiger partial charge is 0.444 e. The van der Waals surface area contributed by atoms with Gasteiger partial charge in [0.25, 0.3) is 0 Å². The lowest BCUT2D eigenvalue weighted by Gasteiger charge is -2.35. The molecular formula is C25H36N4O5. The minimum atomic E-state index is -1.27. The number of amides is 4. The topological polar surface area (TPSA) is 131 Å². The van der Waals surface area contributed by atoms with Gasteiger partial charge in [-0.05, 0) is 64.7 Å². The van der Waals surface area contributed by atoms with E-state index in [4.69, 9.17) is 10.5 Å². The van der Waals surface area contributed by atoms with E-state index in [1.807, 2.05) is 19.9 Å². The molecule has 1 aliphatic rings. The Labute approximate surface area is 201 Å². The van der Waals surface area contributed by atoms with Gasteiger partial charge in [0, 0.05) is 12.1 Å². The highest BCUT2D eigenvalue weighted by molar-refractivity contribution is 5.95. The highest BCUT2D eigenvalue weighted by Gasteiger charge is 2.44. The molecule has 9 heteroatoms. The molecule has 0 spiro atoms. The van der Waals surface area contributed by atoms with Crippen LogP contribution in [0.5, 0.6) is 0 Å². The fourth-order valence-corrected chi connectivity index (χ4v) is 3.56. The zero-order valence-electron chi connectivity index (χ0n) is 20.6. The van der Waals surface area contributed by atoms with Crippen molar-refractivity contribution in [3.05, 3.63) is 42.0 Å². The van der Waals surface area contributed by atoms with E-state index in [1.54, 1.807) is 45.0 Å². The van der Waals surface area contributed by atoms with Gasteiger partial charge in [-0.15, -0.1) is 0 Å². The Hall–Kier alpha value is -3.36. The molecule has 4 amide bonds. The number of alkyl carbamates (subject to hydrolysis) is 1. The van der Waals surface area contributed by atoms with E-state index in [0.717, 1.165) is 5.56 Å². The van der Waals surface area contributed by atoms with Crippen LogP contribution in [0, 0.1) is 0 Å². The van der Waals surface area contributed by atoms with Gasteiger partial charge in [0.1, 0.15) is 17.7 Å². The normalized spacial score (nSPS) is 15.1. The predicted octanol–water partition coefficient (Wildman–Crippen LogP) is 2.66. The van der Waals surface area contributed by atoms with Gasteiger partial charge in [-0.3, -0.25) is 14.4 Å². The van der Waals surface area contributed by atoms with Crippen molar-refractivity contribution in [3.8, 4) is 0 Å². The molecule has 2 unspecified atom stereocenters. The highest BCUT2D eigenvalue weighted by Crippen LogP contribution is 2.36. The number of primary amides is 1. The van der Waals surface area contributed by atoms with Gasteiger partial charge in [-0.25, -0.2) is 4.79 Å². The van der Waals surface area contributed by atoms with Crippen LogP contribution < -0.4 is 16.4 Å². The summed E-state index contributed by atoms with van der Waals surface area (Å²) in [6.45, 7) is 12.5. The standard InChI is InChI=1S/C25H36N4O5/c1-7-16-9-8-10-17(13-16)21(22(31)27-15(2)3)29(18-11-12-18)23(32)19(14-20(26)30)28-24(33)34-25(4,5)6/h7-10,13,15,18-19,21H,1,11-12,14H2,2-6H3,(H2,26,30)(H,27,31)(H,28,33). The number of nitrogens with one attached hydrogen (secondary N) is 2. The molecule has 2 rings (SSSR count). The lowest BCUT2D eigenvalue weighted by Crippen LogP contribution is -2.55. The molecule has 0 radical (unpaired) electrons. The third-order valence-corrected chi connectivity index (χ3v) is 5.01. The molecule has 9 nitrogen and oxygen atoms in total. The highest BCUT2D eigenvalue weighted by atomic mass is 16.6. The molecule has 0 aromatic heterocycles. The van der Waals surface area contributed by atoms with E-state index >= 15 is 0 Å². The van der Waals surface area contributed by atoms with Crippen molar-refractivity contribution in [1.82, 2.24) is 15.5 Å². The quantitative estimate of drug-likeness (QED) is 0.482. The number of carbonyl (C=O) groups is 4. The van der Waals surface area contributed by atoms with Crippen LogP contribution in [0.2, 0.25) is 0 Å². The Morgan fingerprint density at radius 1 is 1.21 bits per heavy atom. The first-order chi connectivity index (χ1) is 15.8. The van der Waals surface area contributed by atoms with E-state index in [2.05, 4.69) is 17.2 Å². The number of hydrogen-bond acceptors (Lipinski definition) is 5. The molecule has 4 N–H and O–H groups in total. The Kier molecular flexibility index (Phi) is 8.84. The van der Waals surface area contributed by atoms with Gasteiger partial charge in [0.2, 0.25) is 17.7 Å². The first kappa shape index (κ1) is 26.9. The zero-order valence-corrected chi connectivity index (χ0v) is 20.6. The molecule has 1 aliphatic carbocycles. The van der Waals surface area contributed by atoms with Crippen molar-refractivity contribution in [2.75, 3.05) is 0 Å². The molecule has 0 heterocycles. The second-order valence-electron chi connectivity index (χ2n) is 9.79. The lowest BCUT2D eigenvalue weighted by molar-refractivity contribution is -0.144. The van der Waals surface area contributed by atoms with Crippen LogP contribution in [0.15, 0.2) is 30.8 Å². The second kappa shape index (κ2) is 11.2. The summed E-state index contributed by atoms with van der Waals surface area (Å²) in [6.07, 6.45) is 1.79. The average molecular weight is 473 g/mol. The summed E-state index contributed by atoms with van der Waals surface area (Å²) in [6, 6.07) is 4.60. The molecule has 186 valence electrons. The van der Waals surface area contributed by atoms with Crippen LogP contribution in [-0.2, 0) is 19.1 Å². The predicted molar refractivity (Wildman–Crippen MR) is 129 cm³/mol. The third-order valence-electron chi connectivity index (χ3n) is 5.01. The monoisotopic (exact) mass is 472 g/mol. The van der Waals surface area contributed by atoms with E-state index in [9.17, 15) is 19.2 Å². The third kappa shape index (κ3) is 7.90. The number of ether oxygens (including phenoxy) is 1. The van der Waals surface area contributed by atoms with Crippen molar-refractivity contribution in [2.45, 2.75) is 83.6 Å². The van der Waals surface area contributed by atoms with E-state index in [0.29, 0.717) is 18.4 Å². The summed E-state index contributed by atoms with van der Waals surface area (Å²) < 4.78 is 5.27. The van der Waals surface area contributed by atoms with Crippen molar-refractivity contribution < 1.29 is 23.9 Å². The molecule has 1 aromatic carbocycles. The molecular weight excluding hydrogens is 436 g/mol. The first-order valence-corrected chi connectivity index (χ1v) is 11.4. The van der Waals surface area contributed by atoms with E-state index in [1.165, 1.54) is 4.90 Å². The number of rotatable bonds is 10. The van der Waals surface area contributed by atoms with Gasteiger partial charge in [0.05, 0.1) is 6.42 Å². The van der Waals surface area contributed by atoms with Crippen LogP contribution in [0.1, 0.15) is 71.0 Å². The molecule has 1 fully saturated rings. The van der Waals surface area contributed by atoms with Crippen molar-refractivity contribution in [3.63, 3.8) is 0 Å². The van der Waals surface area contributed by atoms with Gasteiger partial charge in [0.15, 0.2) is 0 Å². The molecule has 34 heavy (non-hydrogen) atoms. The summed E-state index contributed by atoms with van der Waals surface area (Å²) in [5.74, 6) is -1.69. The molecule has 0 aliphatic heterocycles. The number of hydrogen-bond donors (Lipinski definition) is 3. The maximum atomic E-state index is 13.8. The molecule has 1 aromatic rings. The van der Waals surface area contributed by atoms with Gasteiger partial charge in [-0.2, -0.15) is 0 Å². The zero-order chi connectivity index (χ0) is 25.6. The summed E-state index contributed by atoms with van der Waals surface area (Å²) in [4.78, 5) is 52.8. The number of carbonyl (C=O) groups excluding carboxylic acids is 4. The SMILES string of the molecule is C=Cc1cccc(C(C(=O)NC(C)C)N(C(=O)C(CC(N)=O)NC(=O)OC(C)(C)C)C2CC2)c1. The van der Waals surface area contributed by atoms with E-state index in [-0.39, 0.29) is 18.0 Å². The summed E-state index contributed by atoms with van der Waals surface area (Å²) in [7, 11) is 0.